The van der Waals surface area contributed by atoms with Crippen molar-refractivity contribution in [1.29, 1.82) is 0 Å². The smallest absolute Gasteiger partial charge is 0.252 e. The van der Waals surface area contributed by atoms with E-state index in [1.165, 1.54) is 18.2 Å². The Balaban J connectivity index is 1.66. The normalized spacial score (nSPS) is 10.7. The van der Waals surface area contributed by atoms with Crippen molar-refractivity contribution in [2.24, 2.45) is 0 Å². The average molecular weight is 395 g/mol. The second kappa shape index (κ2) is 6.64. The minimum Gasteiger partial charge on any atom is -0.458 e. The van der Waals surface area contributed by atoms with Crippen LogP contribution in [0.1, 0.15) is 21.1 Å². The van der Waals surface area contributed by atoms with Crippen molar-refractivity contribution in [3.8, 4) is 11.5 Å². The maximum Gasteiger partial charge on any atom is 0.252 e. The molecule has 0 fully saturated rings. The summed E-state index contributed by atoms with van der Waals surface area (Å²) in [6.07, 6.45) is 0. The number of aromatic nitrogens is 1. The molecule has 118 valence electrons. The van der Waals surface area contributed by atoms with Gasteiger partial charge in [0.15, 0.2) is 5.76 Å². The van der Waals surface area contributed by atoms with Crippen LogP contribution in [0.25, 0.3) is 11.5 Å². The highest BCUT2D eigenvalue weighted by molar-refractivity contribution is 9.10. The van der Waals surface area contributed by atoms with Crippen LogP contribution in [0.15, 0.2) is 44.6 Å². The number of hydrogen-bond donors (Lipinski definition) is 1. The number of halogens is 2. The van der Waals surface area contributed by atoms with Gasteiger partial charge in [0.05, 0.1) is 17.1 Å². The summed E-state index contributed by atoms with van der Waals surface area (Å²) in [6.45, 7) is 2.17. The lowest BCUT2D eigenvalue weighted by Crippen LogP contribution is -2.22. The summed E-state index contributed by atoms with van der Waals surface area (Å²) in [5.41, 5.74) is 1.15. The fourth-order valence-electron chi connectivity index (χ4n) is 2.02. The molecule has 0 saturated carbocycles. The fraction of sp³-hybridized carbons (Fsp3) is 0.125. The van der Waals surface area contributed by atoms with E-state index in [1.54, 1.807) is 17.4 Å². The van der Waals surface area contributed by atoms with Gasteiger partial charge in [0.25, 0.3) is 5.91 Å². The van der Waals surface area contributed by atoms with Crippen molar-refractivity contribution in [2.45, 2.75) is 13.5 Å². The summed E-state index contributed by atoms with van der Waals surface area (Å²) < 4.78 is 19.1. The molecule has 0 bridgehead atoms. The Hall–Kier alpha value is -1.99. The third-order valence-corrected chi connectivity index (χ3v) is 4.56. The summed E-state index contributed by atoms with van der Waals surface area (Å²) >= 11 is 4.73. The zero-order valence-corrected chi connectivity index (χ0v) is 14.5. The van der Waals surface area contributed by atoms with Crippen LogP contribution < -0.4 is 5.32 Å². The number of amides is 1. The molecule has 2 heterocycles. The third-order valence-electron chi connectivity index (χ3n) is 3.13. The van der Waals surface area contributed by atoms with Crippen LogP contribution in [-0.4, -0.2) is 10.9 Å². The molecule has 0 radical (unpaired) electrons. The molecule has 3 aromatic rings. The highest BCUT2D eigenvalue weighted by atomic mass is 79.9. The average Bonchev–Trinajstić information content (AvgIpc) is 3.13. The first-order valence-corrected chi connectivity index (χ1v) is 8.44. The SMILES string of the molecule is Cc1nc(-c2ccc(CNC(=O)c3ccc(F)cc3Br)o2)cs1. The maximum atomic E-state index is 13.0. The van der Waals surface area contributed by atoms with Gasteiger partial charge < -0.3 is 9.73 Å². The van der Waals surface area contributed by atoms with Crippen molar-refractivity contribution in [3.63, 3.8) is 0 Å². The molecule has 2 aromatic heterocycles. The predicted molar refractivity (Wildman–Crippen MR) is 89.8 cm³/mol. The number of thiazole rings is 1. The van der Waals surface area contributed by atoms with Crippen LogP contribution in [0.5, 0.6) is 0 Å². The first-order chi connectivity index (χ1) is 11.0. The maximum absolute atomic E-state index is 13.0. The Labute approximate surface area is 144 Å². The Bertz CT molecular complexity index is 859. The van der Waals surface area contributed by atoms with Crippen molar-refractivity contribution >= 4 is 33.2 Å². The molecule has 0 atom stereocenters. The monoisotopic (exact) mass is 394 g/mol. The molecule has 0 unspecified atom stereocenters. The molecule has 1 aromatic carbocycles. The van der Waals surface area contributed by atoms with Crippen LogP contribution in [0.4, 0.5) is 4.39 Å². The van der Waals surface area contributed by atoms with E-state index in [0.29, 0.717) is 21.6 Å². The van der Waals surface area contributed by atoms with Gasteiger partial charge >= 0.3 is 0 Å². The lowest BCUT2D eigenvalue weighted by atomic mass is 10.2. The molecular formula is C16H12BrFN2O2S. The highest BCUT2D eigenvalue weighted by Crippen LogP contribution is 2.24. The van der Waals surface area contributed by atoms with Crippen molar-refractivity contribution in [3.05, 3.63) is 62.3 Å². The van der Waals surface area contributed by atoms with Gasteiger partial charge in [-0.15, -0.1) is 11.3 Å². The van der Waals surface area contributed by atoms with Crippen molar-refractivity contribution < 1.29 is 13.6 Å². The van der Waals surface area contributed by atoms with E-state index in [4.69, 9.17) is 4.42 Å². The predicted octanol–water partition coefficient (Wildman–Crippen LogP) is 4.54. The highest BCUT2D eigenvalue weighted by Gasteiger charge is 2.12. The fourth-order valence-corrected chi connectivity index (χ4v) is 3.16. The second-order valence-corrected chi connectivity index (χ2v) is 6.74. The molecule has 23 heavy (non-hydrogen) atoms. The van der Waals surface area contributed by atoms with Gasteiger partial charge in [0.2, 0.25) is 0 Å². The zero-order valence-electron chi connectivity index (χ0n) is 12.1. The topological polar surface area (TPSA) is 55.1 Å². The van der Waals surface area contributed by atoms with Crippen LogP contribution in [-0.2, 0) is 6.54 Å². The van der Waals surface area contributed by atoms with E-state index in [-0.39, 0.29) is 12.5 Å². The van der Waals surface area contributed by atoms with E-state index < -0.39 is 5.82 Å². The minimum atomic E-state index is -0.400. The van der Waals surface area contributed by atoms with Crippen LogP contribution in [0, 0.1) is 12.7 Å². The molecule has 7 heteroatoms. The summed E-state index contributed by atoms with van der Waals surface area (Å²) in [5, 5.41) is 5.63. The lowest BCUT2D eigenvalue weighted by Gasteiger charge is -2.05. The number of carbonyl (C=O) groups excluding carboxylic acids is 1. The van der Waals surface area contributed by atoms with Gasteiger partial charge in [-0.1, -0.05) is 0 Å². The van der Waals surface area contributed by atoms with Crippen LogP contribution in [0.3, 0.4) is 0 Å². The molecule has 0 saturated heterocycles. The van der Waals surface area contributed by atoms with E-state index in [9.17, 15) is 9.18 Å². The number of hydrogen-bond acceptors (Lipinski definition) is 4. The Morgan fingerprint density at radius 2 is 2.22 bits per heavy atom. The van der Waals surface area contributed by atoms with E-state index in [2.05, 4.69) is 26.2 Å². The summed E-state index contributed by atoms with van der Waals surface area (Å²) in [5.74, 6) is 0.584. The largest absolute Gasteiger partial charge is 0.458 e. The Morgan fingerprint density at radius 3 is 2.91 bits per heavy atom. The third kappa shape index (κ3) is 3.68. The zero-order chi connectivity index (χ0) is 16.4. The van der Waals surface area contributed by atoms with Gasteiger partial charge in [-0.25, -0.2) is 9.37 Å². The second-order valence-electron chi connectivity index (χ2n) is 4.82. The molecule has 0 spiro atoms. The quantitative estimate of drug-likeness (QED) is 0.706. The molecule has 3 rings (SSSR count). The first-order valence-electron chi connectivity index (χ1n) is 6.77. The number of furan rings is 1. The standard InChI is InChI=1S/C16H12BrFN2O2S/c1-9-20-14(8-23-9)15-5-3-11(22-15)7-19-16(21)12-4-2-10(18)6-13(12)17/h2-6,8H,7H2,1H3,(H,19,21). The summed E-state index contributed by atoms with van der Waals surface area (Å²) in [4.78, 5) is 16.5. The minimum absolute atomic E-state index is 0.242. The van der Waals surface area contributed by atoms with E-state index >= 15 is 0 Å². The molecule has 4 nitrogen and oxygen atoms in total. The molecule has 1 amide bonds. The van der Waals surface area contributed by atoms with E-state index in [0.717, 1.165) is 10.7 Å². The molecule has 0 aliphatic carbocycles. The number of carbonyl (C=O) groups is 1. The van der Waals surface area contributed by atoms with Crippen molar-refractivity contribution in [1.82, 2.24) is 10.3 Å². The lowest BCUT2D eigenvalue weighted by molar-refractivity contribution is 0.0947. The number of nitrogens with one attached hydrogen (secondary N) is 1. The summed E-state index contributed by atoms with van der Waals surface area (Å²) in [6, 6.07) is 7.55. The number of benzene rings is 1. The summed E-state index contributed by atoms with van der Waals surface area (Å²) in [7, 11) is 0. The van der Waals surface area contributed by atoms with Gasteiger partial charge in [-0.3, -0.25) is 4.79 Å². The van der Waals surface area contributed by atoms with E-state index in [1.807, 2.05) is 18.4 Å². The van der Waals surface area contributed by atoms with Gasteiger partial charge in [0, 0.05) is 9.85 Å². The van der Waals surface area contributed by atoms with Crippen molar-refractivity contribution in [2.75, 3.05) is 0 Å². The van der Waals surface area contributed by atoms with Crippen LogP contribution >= 0.6 is 27.3 Å². The molecular weight excluding hydrogens is 383 g/mol. The molecule has 1 N–H and O–H groups in total. The number of aryl methyl sites for hydroxylation is 1. The number of rotatable bonds is 4. The molecule has 0 aliphatic heterocycles. The molecule has 0 aliphatic rings. The van der Waals surface area contributed by atoms with Gasteiger partial charge in [-0.2, -0.15) is 0 Å². The van der Waals surface area contributed by atoms with Gasteiger partial charge in [-0.05, 0) is 53.2 Å². The van der Waals surface area contributed by atoms with Gasteiger partial charge in [0.1, 0.15) is 17.3 Å². The first kappa shape index (κ1) is 15.9. The Kier molecular flexibility index (Phi) is 4.58. The van der Waals surface area contributed by atoms with Crippen LogP contribution in [0.2, 0.25) is 0 Å². The Morgan fingerprint density at radius 1 is 1.39 bits per heavy atom. The number of nitrogens with zero attached hydrogens (tertiary/aromatic N) is 1.